The molecule has 2 aliphatic rings. The Kier molecular flexibility index (Phi) is 9.02. The maximum atomic E-state index is 13.9. The van der Waals surface area contributed by atoms with Crippen LogP contribution in [-0.4, -0.2) is 46.8 Å². The highest BCUT2D eigenvalue weighted by atomic mass is 32.1. The molecule has 2 aliphatic carbocycles. The average molecular weight is 528 g/mol. The van der Waals surface area contributed by atoms with E-state index in [0.29, 0.717) is 18.0 Å². The van der Waals surface area contributed by atoms with E-state index < -0.39 is 11.9 Å². The molecule has 1 aromatic carbocycles. The standard InChI is InChI=1S/C27H37N5O4S/c1-3-36-21-15-13-20(14-16-21)32(17(2)25(33)29-18-9-5-4-6-10-18)27(35)24-22(28)23(31-37-24)26(34)30-19-11-7-8-12-19/h13-19H,3-12,28H2,1-2H3,(H,29,33)(H,30,34)/t17-/m0/s1. The smallest absolute Gasteiger partial charge is 0.273 e. The number of ether oxygens (including phenoxy) is 1. The molecule has 0 bridgehead atoms. The van der Waals surface area contributed by atoms with Crippen molar-refractivity contribution >= 4 is 40.6 Å². The molecule has 4 N–H and O–H groups in total. The number of nitrogens with one attached hydrogen (secondary N) is 2. The van der Waals surface area contributed by atoms with E-state index in [0.717, 1.165) is 62.9 Å². The van der Waals surface area contributed by atoms with Crippen molar-refractivity contribution < 1.29 is 19.1 Å². The van der Waals surface area contributed by atoms with Gasteiger partial charge in [-0.05, 0) is 75.3 Å². The normalized spacial score (nSPS) is 17.2. The molecule has 2 aromatic rings. The van der Waals surface area contributed by atoms with Gasteiger partial charge in [0.15, 0.2) is 5.69 Å². The minimum Gasteiger partial charge on any atom is -0.494 e. The van der Waals surface area contributed by atoms with Crippen LogP contribution in [0.1, 0.15) is 91.8 Å². The number of nitrogens with zero attached hydrogens (tertiary/aromatic N) is 2. The zero-order valence-electron chi connectivity index (χ0n) is 21.6. The second kappa shape index (κ2) is 12.4. The van der Waals surface area contributed by atoms with Crippen molar-refractivity contribution in [2.75, 3.05) is 17.2 Å². The van der Waals surface area contributed by atoms with Gasteiger partial charge in [0.05, 0.1) is 12.3 Å². The first-order valence-electron chi connectivity index (χ1n) is 13.3. The predicted octanol–water partition coefficient (Wildman–Crippen LogP) is 4.28. The summed E-state index contributed by atoms with van der Waals surface area (Å²) in [5.41, 5.74) is 6.94. The van der Waals surface area contributed by atoms with Gasteiger partial charge < -0.3 is 21.1 Å². The van der Waals surface area contributed by atoms with E-state index in [-0.39, 0.29) is 40.2 Å². The molecule has 4 rings (SSSR count). The van der Waals surface area contributed by atoms with Crippen LogP contribution in [0.15, 0.2) is 24.3 Å². The van der Waals surface area contributed by atoms with Crippen LogP contribution in [0, 0.1) is 0 Å². The lowest BCUT2D eigenvalue weighted by atomic mass is 9.95. The summed E-state index contributed by atoms with van der Waals surface area (Å²) in [6, 6.07) is 6.45. The third-order valence-electron chi connectivity index (χ3n) is 7.19. The third-order valence-corrected chi connectivity index (χ3v) is 8.04. The number of nitrogen functional groups attached to an aromatic ring is 1. The molecular weight excluding hydrogens is 490 g/mol. The number of amides is 3. The number of aromatic nitrogens is 1. The lowest BCUT2D eigenvalue weighted by molar-refractivity contribution is -0.122. The molecule has 0 radical (unpaired) electrons. The van der Waals surface area contributed by atoms with Crippen LogP contribution in [0.25, 0.3) is 0 Å². The highest BCUT2D eigenvalue weighted by Crippen LogP contribution is 2.30. The quantitative estimate of drug-likeness (QED) is 0.447. The van der Waals surface area contributed by atoms with Crippen molar-refractivity contribution in [3.05, 3.63) is 34.8 Å². The Bertz CT molecular complexity index is 1090. The molecule has 9 nitrogen and oxygen atoms in total. The molecule has 1 aromatic heterocycles. The number of hydrogen-bond donors (Lipinski definition) is 3. The fourth-order valence-corrected chi connectivity index (χ4v) is 5.86. The zero-order valence-corrected chi connectivity index (χ0v) is 22.4. The zero-order chi connectivity index (χ0) is 26.4. The van der Waals surface area contributed by atoms with Crippen LogP contribution in [0.2, 0.25) is 0 Å². The lowest BCUT2D eigenvalue weighted by Gasteiger charge is -2.31. The number of carbonyl (C=O) groups is 3. The van der Waals surface area contributed by atoms with Crippen molar-refractivity contribution in [2.24, 2.45) is 0 Å². The van der Waals surface area contributed by atoms with Crippen molar-refractivity contribution in [2.45, 2.75) is 89.8 Å². The van der Waals surface area contributed by atoms with E-state index in [4.69, 9.17) is 10.5 Å². The van der Waals surface area contributed by atoms with Gasteiger partial charge in [0.1, 0.15) is 16.7 Å². The molecule has 0 aliphatic heterocycles. The van der Waals surface area contributed by atoms with Gasteiger partial charge in [0.25, 0.3) is 11.8 Å². The molecular formula is C27H37N5O4S. The molecule has 2 saturated carbocycles. The SMILES string of the molecule is CCOc1ccc(N(C(=O)c2snc(C(=O)NC3CCCC3)c2N)[C@@H](C)C(=O)NC2CCCCC2)cc1. The molecule has 1 atom stereocenters. The summed E-state index contributed by atoms with van der Waals surface area (Å²) < 4.78 is 9.77. The summed E-state index contributed by atoms with van der Waals surface area (Å²) in [5, 5.41) is 6.10. The molecule has 200 valence electrons. The van der Waals surface area contributed by atoms with Crippen LogP contribution < -0.4 is 26.0 Å². The maximum absolute atomic E-state index is 13.9. The number of benzene rings is 1. The molecule has 1 heterocycles. The highest BCUT2D eigenvalue weighted by Gasteiger charge is 2.34. The van der Waals surface area contributed by atoms with Crippen LogP contribution in [-0.2, 0) is 4.79 Å². The van der Waals surface area contributed by atoms with E-state index in [1.165, 1.54) is 11.3 Å². The van der Waals surface area contributed by atoms with Gasteiger partial charge in [-0.2, -0.15) is 4.37 Å². The topological polar surface area (TPSA) is 127 Å². The molecule has 0 unspecified atom stereocenters. The van der Waals surface area contributed by atoms with Crippen LogP contribution in [0.5, 0.6) is 5.75 Å². The third kappa shape index (κ3) is 6.41. The molecule has 37 heavy (non-hydrogen) atoms. The Hall–Kier alpha value is -3.14. The van der Waals surface area contributed by atoms with Gasteiger partial charge >= 0.3 is 0 Å². The van der Waals surface area contributed by atoms with E-state index >= 15 is 0 Å². The van der Waals surface area contributed by atoms with Crippen molar-refractivity contribution in [1.29, 1.82) is 0 Å². The molecule has 0 saturated heterocycles. The Morgan fingerprint density at radius 1 is 1.03 bits per heavy atom. The van der Waals surface area contributed by atoms with E-state index in [2.05, 4.69) is 15.0 Å². The maximum Gasteiger partial charge on any atom is 0.273 e. The molecule has 2 fully saturated rings. The Labute approximate surface area is 222 Å². The Morgan fingerprint density at radius 3 is 2.24 bits per heavy atom. The fourth-order valence-electron chi connectivity index (χ4n) is 5.12. The van der Waals surface area contributed by atoms with Crippen LogP contribution >= 0.6 is 11.5 Å². The van der Waals surface area contributed by atoms with E-state index in [1.54, 1.807) is 31.2 Å². The number of anilines is 2. The Morgan fingerprint density at radius 2 is 1.62 bits per heavy atom. The van der Waals surface area contributed by atoms with Crippen molar-refractivity contribution in [1.82, 2.24) is 15.0 Å². The molecule has 3 amide bonds. The summed E-state index contributed by atoms with van der Waals surface area (Å²) in [4.78, 5) is 41.5. The van der Waals surface area contributed by atoms with Crippen molar-refractivity contribution in [3.63, 3.8) is 0 Å². The van der Waals surface area contributed by atoms with Gasteiger partial charge in [0.2, 0.25) is 5.91 Å². The largest absolute Gasteiger partial charge is 0.494 e. The fraction of sp³-hybridized carbons (Fsp3) is 0.556. The second-order valence-electron chi connectivity index (χ2n) is 9.85. The van der Waals surface area contributed by atoms with Gasteiger partial charge in [-0.15, -0.1) is 0 Å². The highest BCUT2D eigenvalue weighted by molar-refractivity contribution is 7.09. The summed E-state index contributed by atoms with van der Waals surface area (Å²) in [6.45, 7) is 4.12. The first-order valence-corrected chi connectivity index (χ1v) is 14.1. The molecule has 10 heteroatoms. The predicted molar refractivity (Wildman–Crippen MR) is 145 cm³/mol. The minimum atomic E-state index is -0.801. The number of nitrogens with two attached hydrogens (primary N) is 1. The van der Waals surface area contributed by atoms with Crippen LogP contribution in [0.4, 0.5) is 11.4 Å². The lowest BCUT2D eigenvalue weighted by Crippen LogP contribution is -2.51. The number of hydrogen-bond acceptors (Lipinski definition) is 7. The van der Waals surface area contributed by atoms with Crippen molar-refractivity contribution in [3.8, 4) is 5.75 Å². The summed E-state index contributed by atoms with van der Waals surface area (Å²) in [7, 11) is 0. The second-order valence-corrected chi connectivity index (χ2v) is 10.6. The van der Waals surface area contributed by atoms with Gasteiger partial charge in [-0.25, -0.2) is 0 Å². The number of carbonyl (C=O) groups excluding carboxylic acids is 3. The summed E-state index contributed by atoms with van der Waals surface area (Å²) in [5.74, 6) is -0.390. The van der Waals surface area contributed by atoms with Gasteiger partial charge in [-0.3, -0.25) is 19.3 Å². The summed E-state index contributed by atoms with van der Waals surface area (Å²) in [6.07, 6.45) is 9.26. The van der Waals surface area contributed by atoms with E-state index in [1.807, 2.05) is 6.92 Å². The number of rotatable bonds is 9. The minimum absolute atomic E-state index is 0.0429. The first-order chi connectivity index (χ1) is 17.9. The van der Waals surface area contributed by atoms with E-state index in [9.17, 15) is 14.4 Å². The first kappa shape index (κ1) is 26.9. The average Bonchev–Trinajstić information content (AvgIpc) is 3.55. The summed E-state index contributed by atoms with van der Waals surface area (Å²) >= 11 is 0.886. The van der Waals surface area contributed by atoms with Gasteiger partial charge in [0, 0.05) is 17.8 Å². The Balaban J connectivity index is 1.58. The molecule has 0 spiro atoms. The van der Waals surface area contributed by atoms with Gasteiger partial charge in [-0.1, -0.05) is 32.1 Å². The van der Waals surface area contributed by atoms with Crippen LogP contribution in [0.3, 0.4) is 0 Å². The monoisotopic (exact) mass is 527 g/mol.